The van der Waals surface area contributed by atoms with Crippen molar-refractivity contribution in [1.82, 2.24) is 5.32 Å². The molecule has 2 atom stereocenters. The SMILES string of the molecule is CNC(c1ccccc1)C(Sc1ccc(Cl)cc1)C(C)C. The molecule has 2 aromatic rings. The van der Waals surface area contributed by atoms with Crippen LogP contribution in [0.2, 0.25) is 5.02 Å². The fourth-order valence-electron chi connectivity index (χ4n) is 2.44. The first kappa shape index (κ1) is 16.4. The predicted molar refractivity (Wildman–Crippen MR) is 94.2 cm³/mol. The first-order chi connectivity index (χ1) is 10.1. The molecule has 0 aliphatic heterocycles. The van der Waals surface area contributed by atoms with Gasteiger partial charge in [0.2, 0.25) is 0 Å². The topological polar surface area (TPSA) is 12.0 Å². The minimum Gasteiger partial charge on any atom is -0.312 e. The van der Waals surface area contributed by atoms with Gasteiger partial charge in [-0.2, -0.15) is 0 Å². The number of hydrogen-bond donors (Lipinski definition) is 1. The van der Waals surface area contributed by atoms with Crippen molar-refractivity contribution >= 4 is 23.4 Å². The summed E-state index contributed by atoms with van der Waals surface area (Å²) in [6.07, 6.45) is 0. The molecule has 2 rings (SSSR count). The van der Waals surface area contributed by atoms with Gasteiger partial charge in [0.15, 0.2) is 0 Å². The highest BCUT2D eigenvalue weighted by Gasteiger charge is 2.25. The Morgan fingerprint density at radius 1 is 0.952 bits per heavy atom. The smallest absolute Gasteiger partial charge is 0.0444 e. The van der Waals surface area contributed by atoms with Crippen LogP contribution in [0.25, 0.3) is 0 Å². The van der Waals surface area contributed by atoms with Crippen molar-refractivity contribution in [1.29, 1.82) is 0 Å². The van der Waals surface area contributed by atoms with E-state index in [1.54, 1.807) is 0 Å². The van der Waals surface area contributed by atoms with Crippen LogP contribution in [0.15, 0.2) is 59.5 Å². The molecule has 2 aromatic carbocycles. The van der Waals surface area contributed by atoms with E-state index in [-0.39, 0.29) is 0 Å². The van der Waals surface area contributed by atoms with Gasteiger partial charge in [-0.1, -0.05) is 55.8 Å². The Morgan fingerprint density at radius 3 is 2.10 bits per heavy atom. The standard InChI is InChI=1S/C18H22ClNS/c1-13(2)18(21-16-11-9-15(19)10-12-16)17(20-3)14-7-5-4-6-8-14/h4-13,17-18,20H,1-3H3. The van der Waals surface area contributed by atoms with Gasteiger partial charge in [-0.3, -0.25) is 0 Å². The van der Waals surface area contributed by atoms with Crippen LogP contribution in [0.5, 0.6) is 0 Å². The van der Waals surface area contributed by atoms with Gasteiger partial charge >= 0.3 is 0 Å². The number of hydrogen-bond acceptors (Lipinski definition) is 2. The molecule has 0 aliphatic rings. The third kappa shape index (κ3) is 4.50. The lowest BCUT2D eigenvalue weighted by atomic mass is 9.96. The Kier molecular flexibility index (Phi) is 6.16. The number of thioether (sulfide) groups is 1. The highest BCUT2D eigenvalue weighted by atomic mass is 35.5. The third-order valence-electron chi connectivity index (χ3n) is 3.54. The molecule has 3 heteroatoms. The molecule has 21 heavy (non-hydrogen) atoms. The van der Waals surface area contributed by atoms with Gasteiger partial charge in [-0.05, 0) is 42.8 Å². The van der Waals surface area contributed by atoms with Crippen LogP contribution in [0.3, 0.4) is 0 Å². The molecule has 0 spiro atoms. The molecule has 0 heterocycles. The van der Waals surface area contributed by atoms with Gasteiger partial charge in [-0.15, -0.1) is 11.8 Å². The summed E-state index contributed by atoms with van der Waals surface area (Å²) in [5.41, 5.74) is 1.33. The second-order valence-corrected chi connectivity index (χ2v) is 7.15. The van der Waals surface area contributed by atoms with Crippen molar-refractivity contribution in [2.75, 3.05) is 7.05 Å². The van der Waals surface area contributed by atoms with Crippen molar-refractivity contribution in [3.05, 3.63) is 65.2 Å². The van der Waals surface area contributed by atoms with E-state index in [4.69, 9.17) is 11.6 Å². The first-order valence-electron chi connectivity index (χ1n) is 7.26. The zero-order valence-electron chi connectivity index (χ0n) is 12.7. The van der Waals surface area contributed by atoms with Gasteiger partial charge in [-0.25, -0.2) is 0 Å². The maximum Gasteiger partial charge on any atom is 0.0444 e. The summed E-state index contributed by atoms with van der Waals surface area (Å²) in [5.74, 6) is 0.559. The van der Waals surface area contributed by atoms with Crippen molar-refractivity contribution in [2.45, 2.75) is 30.0 Å². The van der Waals surface area contributed by atoms with E-state index in [2.05, 4.69) is 61.6 Å². The number of halogens is 1. The molecule has 0 amide bonds. The van der Waals surface area contributed by atoms with Crippen LogP contribution >= 0.6 is 23.4 Å². The molecule has 0 saturated heterocycles. The molecule has 112 valence electrons. The lowest BCUT2D eigenvalue weighted by Gasteiger charge is -2.30. The maximum atomic E-state index is 5.97. The quantitative estimate of drug-likeness (QED) is 0.714. The fourth-order valence-corrected chi connectivity index (χ4v) is 3.88. The van der Waals surface area contributed by atoms with Crippen molar-refractivity contribution in [2.24, 2.45) is 5.92 Å². The molecular weight excluding hydrogens is 298 g/mol. The Bertz CT molecular complexity index is 539. The maximum absolute atomic E-state index is 5.97. The zero-order valence-corrected chi connectivity index (χ0v) is 14.3. The van der Waals surface area contributed by atoms with Gasteiger partial charge in [0.25, 0.3) is 0 Å². The average molecular weight is 320 g/mol. The molecule has 0 bridgehead atoms. The van der Waals surface area contributed by atoms with Gasteiger partial charge in [0.05, 0.1) is 0 Å². The van der Waals surface area contributed by atoms with Crippen LogP contribution in [-0.2, 0) is 0 Å². The monoisotopic (exact) mass is 319 g/mol. The molecule has 0 fully saturated rings. The molecule has 2 unspecified atom stereocenters. The van der Waals surface area contributed by atoms with Crippen LogP contribution in [0, 0.1) is 5.92 Å². The highest BCUT2D eigenvalue weighted by molar-refractivity contribution is 8.00. The van der Waals surface area contributed by atoms with Crippen LogP contribution in [0.1, 0.15) is 25.5 Å². The fraction of sp³-hybridized carbons (Fsp3) is 0.333. The molecule has 0 aromatic heterocycles. The van der Waals surface area contributed by atoms with Crippen molar-refractivity contribution in [3.8, 4) is 0 Å². The number of rotatable bonds is 6. The summed E-state index contributed by atoms with van der Waals surface area (Å²) in [4.78, 5) is 1.26. The zero-order chi connectivity index (χ0) is 15.2. The lowest BCUT2D eigenvalue weighted by Crippen LogP contribution is -2.31. The van der Waals surface area contributed by atoms with E-state index in [1.807, 2.05) is 30.9 Å². The van der Waals surface area contributed by atoms with E-state index in [1.165, 1.54) is 10.5 Å². The predicted octanol–water partition coefficient (Wildman–Crippen LogP) is 5.42. The van der Waals surface area contributed by atoms with Crippen LogP contribution < -0.4 is 5.32 Å². The molecule has 0 saturated carbocycles. The third-order valence-corrected chi connectivity index (χ3v) is 5.43. The van der Waals surface area contributed by atoms with Gasteiger partial charge in [0, 0.05) is 21.2 Å². The van der Waals surface area contributed by atoms with Crippen molar-refractivity contribution < 1.29 is 0 Å². The summed E-state index contributed by atoms with van der Waals surface area (Å²) in [7, 11) is 2.04. The summed E-state index contributed by atoms with van der Waals surface area (Å²) in [6.45, 7) is 4.56. The largest absolute Gasteiger partial charge is 0.312 e. The Hall–Kier alpha value is -0.960. The first-order valence-corrected chi connectivity index (χ1v) is 8.52. The summed E-state index contributed by atoms with van der Waals surface area (Å²) in [5, 5.41) is 4.73. The Labute approximate surface area is 137 Å². The van der Waals surface area contributed by atoms with E-state index < -0.39 is 0 Å². The second-order valence-electron chi connectivity index (χ2n) is 5.46. The van der Waals surface area contributed by atoms with Gasteiger partial charge in [0.1, 0.15) is 0 Å². The second kappa shape index (κ2) is 7.88. The molecule has 1 nitrogen and oxygen atoms in total. The highest BCUT2D eigenvalue weighted by Crippen LogP contribution is 2.37. The minimum absolute atomic E-state index is 0.326. The molecule has 1 N–H and O–H groups in total. The lowest BCUT2D eigenvalue weighted by molar-refractivity contribution is 0.472. The summed E-state index contributed by atoms with van der Waals surface area (Å²) in [6, 6.07) is 19.1. The van der Waals surface area contributed by atoms with E-state index in [9.17, 15) is 0 Å². The minimum atomic E-state index is 0.326. The van der Waals surface area contributed by atoms with E-state index >= 15 is 0 Å². The Morgan fingerprint density at radius 2 is 1.57 bits per heavy atom. The average Bonchev–Trinajstić information content (AvgIpc) is 2.50. The van der Waals surface area contributed by atoms with E-state index in [0.717, 1.165) is 5.02 Å². The number of nitrogens with one attached hydrogen (secondary N) is 1. The Balaban J connectivity index is 2.22. The number of benzene rings is 2. The molecule has 0 aliphatic carbocycles. The molecular formula is C18H22ClNS. The molecule has 0 radical (unpaired) electrons. The van der Waals surface area contributed by atoms with Crippen LogP contribution in [0.4, 0.5) is 0 Å². The van der Waals surface area contributed by atoms with E-state index in [0.29, 0.717) is 17.2 Å². The normalized spacial score (nSPS) is 14.1. The van der Waals surface area contributed by atoms with Gasteiger partial charge < -0.3 is 5.32 Å². The summed E-state index contributed by atoms with van der Waals surface area (Å²) < 4.78 is 0. The summed E-state index contributed by atoms with van der Waals surface area (Å²) >= 11 is 7.89. The van der Waals surface area contributed by atoms with Crippen LogP contribution in [-0.4, -0.2) is 12.3 Å². The van der Waals surface area contributed by atoms with Crippen molar-refractivity contribution in [3.63, 3.8) is 0 Å².